The van der Waals surface area contributed by atoms with E-state index in [1.165, 1.54) is 0 Å². The fourth-order valence-electron chi connectivity index (χ4n) is 3.92. The topological polar surface area (TPSA) is 61.7 Å². The van der Waals surface area contributed by atoms with Gasteiger partial charge in [-0.2, -0.15) is 0 Å². The van der Waals surface area contributed by atoms with Crippen molar-refractivity contribution in [3.8, 4) is 0 Å². The molecule has 30 heavy (non-hydrogen) atoms. The third-order valence-electron chi connectivity index (χ3n) is 5.63. The van der Waals surface area contributed by atoms with Gasteiger partial charge in [0.25, 0.3) is 11.5 Å². The third kappa shape index (κ3) is 3.63. The van der Waals surface area contributed by atoms with Gasteiger partial charge in [-0.1, -0.05) is 18.2 Å². The molecule has 1 aliphatic rings. The van der Waals surface area contributed by atoms with E-state index in [1.54, 1.807) is 4.57 Å². The van der Waals surface area contributed by atoms with Gasteiger partial charge in [-0.15, -0.1) is 0 Å². The average Bonchev–Trinajstić information content (AvgIpc) is 2.78. The van der Waals surface area contributed by atoms with Gasteiger partial charge in [0.15, 0.2) is 5.82 Å². The first kappa shape index (κ1) is 19.9. The number of piperazine rings is 1. The largest absolute Gasteiger partial charge is 0.378 e. The van der Waals surface area contributed by atoms with Gasteiger partial charge in [-0.05, 0) is 37.3 Å². The quantitative estimate of drug-likeness (QED) is 0.667. The molecule has 1 amide bonds. The molecule has 0 atom stereocenters. The van der Waals surface area contributed by atoms with Crippen LogP contribution in [-0.4, -0.2) is 60.6 Å². The lowest BCUT2D eigenvalue weighted by molar-refractivity contribution is 0.0746. The molecule has 156 valence electrons. The van der Waals surface area contributed by atoms with E-state index in [4.69, 9.17) is 0 Å². The number of hydrogen-bond acceptors (Lipinski definition) is 5. The lowest BCUT2D eigenvalue weighted by Gasteiger charge is -2.35. The summed E-state index contributed by atoms with van der Waals surface area (Å²) < 4.78 is 1.77. The van der Waals surface area contributed by atoms with E-state index in [-0.39, 0.29) is 11.5 Å². The number of rotatable bonds is 4. The highest BCUT2D eigenvalue weighted by molar-refractivity contribution is 5.95. The van der Waals surface area contributed by atoms with Crippen LogP contribution in [0.4, 0.5) is 11.5 Å². The number of aryl methyl sites for hydroxylation is 1. The van der Waals surface area contributed by atoms with Crippen molar-refractivity contribution in [3.63, 3.8) is 0 Å². The monoisotopic (exact) mass is 405 g/mol. The minimum atomic E-state index is -0.0744. The predicted octanol–water partition coefficient (Wildman–Crippen LogP) is 2.44. The molecule has 7 heteroatoms. The molecule has 0 unspecified atom stereocenters. The Balaban J connectivity index is 1.54. The Morgan fingerprint density at radius 3 is 2.47 bits per heavy atom. The number of carbonyl (C=O) groups is 1. The van der Waals surface area contributed by atoms with E-state index in [9.17, 15) is 9.59 Å². The summed E-state index contributed by atoms with van der Waals surface area (Å²) in [5.74, 6) is 0.494. The van der Waals surface area contributed by atoms with Crippen molar-refractivity contribution in [2.45, 2.75) is 13.5 Å². The lowest BCUT2D eigenvalue weighted by Crippen LogP contribution is -2.50. The normalized spacial score (nSPS) is 14.2. The van der Waals surface area contributed by atoms with Crippen molar-refractivity contribution < 1.29 is 4.79 Å². The van der Waals surface area contributed by atoms with E-state index in [0.29, 0.717) is 44.1 Å². The third-order valence-corrected chi connectivity index (χ3v) is 5.63. The summed E-state index contributed by atoms with van der Waals surface area (Å²) in [6, 6.07) is 15.4. The number of anilines is 2. The molecule has 0 aliphatic carbocycles. The molecule has 1 aromatic heterocycles. The van der Waals surface area contributed by atoms with Crippen LogP contribution >= 0.6 is 0 Å². The second-order valence-corrected chi connectivity index (χ2v) is 7.70. The van der Waals surface area contributed by atoms with Crippen molar-refractivity contribution >= 4 is 28.4 Å². The van der Waals surface area contributed by atoms with Crippen LogP contribution in [0.5, 0.6) is 0 Å². The van der Waals surface area contributed by atoms with Gasteiger partial charge in [0, 0.05) is 58.1 Å². The second kappa shape index (κ2) is 8.18. The summed E-state index contributed by atoms with van der Waals surface area (Å²) in [5, 5.41) is 0. The van der Waals surface area contributed by atoms with Crippen molar-refractivity contribution in [3.05, 3.63) is 64.4 Å². The van der Waals surface area contributed by atoms with E-state index in [0.717, 1.165) is 16.7 Å². The number of benzene rings is 2. The summed E-state index contributed by atoms with van der Waals surface area (Å²) >= 11 is 0. The average molecular weight is 406 g/mol. The molecule has 3 aromatic rings. The Morgan fingerprint density at radius 2 is 1.77 bits per heavy atom. The van der Waals surface area contributed by atoms with Gasteiger partial charge in [-0.25, -0.2) is 4.98 Å². The first-order valence-electron chi connectivity index (χ1n) is 10.3. The van der Waals surface area contributed by atoms with Gasteiger partial charge in [0.05, 0.1) is 11.0 Å². The second-order valence-electron chi connectivity index (χ2n) is 7.70. The predicted molar refractivity (Wildman–Crippen MR) is 121 cm³/mol. The van der Waals surface area contributed by atoms with Crippen LogP contribution < -0.4 is 15.4 Å². The standard InChI is InChI=1S/C23H27N5O2/c1-4-28-20-11-6-5-10-19(20)24-21(23(28)30)26-12-14-27(15-13-26)22(29)17-8-7-9-18(16-17)25(2)3/h5-11,16H,4,12-15H2,1-3H3. The highest BCUT2D eigenvalue weighted by Crippen LogP contribution is 2.19. The molecule has 0 N–H and O–H groups in total. The summed E-state index contributed by atoms with van der Waals surface area (Å²) in [4.78, 5) is 36.5. The fraction of sp³-hybridized carbons (Fsp3) is 0.348. The van der Waals surface area contributed by atoms with E-state index in [1.807, 2.05) is 84.2 Å². The van der Waals surface area contributed by atoms with Gasteiger partial charge in [0.1, 0.15) is 0 Å². The first-order valence-corrected chi connectivity index (χ1v) is 10.3. The van der Waals surface area contributed by atoms with E-state index >= 15 is 0 Å². The molecule has 1 fully saturated rings. The van der Waals surface area contributed by atoms with Crippen molar-refractivity contribution in [1.29, 1.82) is 0 Å². The summed E-state index contributed by atoms with van der Waals surface area (Å²) in [6.45, 7) is 4.86. The Morgan fingerprint density at radius 1 is 1.03 bits per heavy atom. The lowest BCUT2D eigenvalue weighted by atomic mass is 10.1. The highest BCUT2D eigenvalue weighted by atomic mass is 16.2. The molecule has 0 radical (unpaired) electrons. The zero-order valence-corrected chi connectivity index (χ0v) is 17.7. The fourth-order valence-corrected chi connectivity index (χ4v) is 3.92. The first-order chi connectivity index (χ1) is 14.5. The summed E-state index contributed by atoms with van der Waals surface area (Å²) in [6.07, 6.45) is 0. The number of aromatic nitrogens is 2. The molecular weight excluding hydrogens is 378 g/mol. The molecule has 2 aromatic carbocycles. The van der Waals surface area contributed by atoms with Gasteiger partial charge < -0.3 is 19.3 Å². The van der Waals surface area contributed by atoms with Gasteiger partial charge in [0.2, 0.25) is 0 Å². The maximum atomic E-state index is 13.0. The van der Waals surface area contributed by atoms with Crippen LogP contribution in [0.1, 0.15) is 17.3 Å². The maximum Gasteiger partial charge on any atom is 0.293 e. The van der Waals surface area contributed by atoms with Crippen LogP contribution in [-0.2, 0) is 6.54 Å². The molecule has 4 rings (SSSR count). The minimum absolute atomic E-state index is 0.0239. The molecule has 0 spiro atoms. The zero-order valence-electron chi connectivity index (χ0n) is 17.7. The summed E-state index contributed by atoms with van der Waals surface area (Å²) in [5.41, 5.74) is 3.28. The number of para-hydroxylation sites is 2. The Hall–Kier alpha value is -3.35. The number of carbonyl (C=O) groups excluding carboxylic acids is 1. The molecule has 1 aliphatic heterocycles. The number of hydrogen-bond donors (Lipinski definition) is 0. The van der Waals surface area contributed by atoms with Crippen LogP contribution in [0.3, 0.4) is 0 Å². The number of fused-ring (bicyclic) bond motifs is 1. The van der Waals surface area contributed by atoms with Gasteiger partial charge >= 0.3 is 0 Å². The van der Waals surface area contributed by atoms with Crippen molar-refractivity contribution in [2.75, 3.05) is 50.1 Å². The molecule has 7 nitrogen and oxygen atoms in total. The molecular formula is C23H27N5O2. The minimum Gasteiger partial charge on any atom is -0.378 e. The molecule has 0 bridgehead atoms. The van der Waals surface area contributed by atoms with Gasteiger partial charge in [-0.3, -0.25) is 9.59 Å². The van der Waals surface area contributed by atoms with E-state index < -0.39 is 0 Å². The Kier molecular flexibility index (Phi) is 5.44. The van der Waals surface area contributed by atoms with Crippen molar-refractivity contribution in [2.24, 2.45) is 0 Å². The molecule has 0 saturated carbocycles. The number of amides is 1. The molecule has 2 heterocycles. The van der Waals surface area contributed by atoms with E-state index in [2.05, 4.69) is 4.98 Å². The smallest absolute Gasteiger partial charge is 0.293 e. The zero-order chi connectivity index (χ0) is 21.3. The maximum absolute atomic E-state index is 13.0. The van der Waals surface area contributed by atoms with Crippen LogP contribution in [0.15, 0.2) is 53.3 Å². The van der Waals surface area contributed by atoms with Crippen molar-refractivity contribution in [1.82, 2.24) is 14.5 Å². The highest BCUT2D eigenvalue weighted by Gasteiger charge is 2.25. The Bertz CT molecular complexity index is 1130. The van der Waals surface area contributed by atoms with Crippen LogP contribution in [0.25, 0.3) is 11.0 Å². The SMILES string of the molecule is CCn1c(=O)c(N2CCN(C(=O)c3cccc(N(C)C)c3)CC2)nc2ccccc21. The Labute approximate surface area is 176 Å². The molecule has 1 saturated heterocycles. The van der Waals surface area contributed by atoms with Crippen LogP contribution in [0, 0.1) is 0 Å². The van der Waals surface area contributed by atoms with Crippen LogP contribution in [0.2, 0.25) is 0 Å². The number of nitrogens with zero attached hydrogens (tertiary/aromatic N) is 5. The summed E-state index contributed by atoms with van der Waals surface area (Å²) in [7, 11) is 3.92.